The van der Waals surface area contributed by atoms with Crippen LogP contribution in [-0.2, 0) is 0 Å². The van der Waals surface area contributed by atoms with Crippen LogP contribution in [0.15, 0.2) is 17.5 Å². The summed E-state index contributed by atoms with van der Waals surface area (Å²) in [7, 11) is 0. The maximum Gasteiger partial charge on any atom is 0.183 e. The SMILES string of the molecule is CCCCCCCNc1nc(-c2c(C)cc(C)cc2C)cs1. The van der Waals surface area contributed by atoms with Gasteiger partial charge in [-0.3, -0.25) is 0 Å². The van der Waals surface area contributed by atoms with Crippen LogP contribution in [0.5, 0.6) is 0 Å². The third-order valence-electron chi connectivity index (χ3n) is 3.99. The van der Waals surface area contributed by atoms with Gasteiger partial charge in [-0.15, -0.1) is 11.3 Å². The summed E-state index contributed by atoms with van der Waals surface area (Å²) < 4.78 is 0. The standard InChI is InChI=1S/C19H28N2S/c1-5-6-7-8-9-10-20-19-21-17(13-22-19)18-15(3)11-14(2)12-16(18)4/h11-13H,5-10H2,1-4H3,(H,20,21). The minimum atomic E-state index is 1.03. The Labute approximate surface area is 139 Å². The molecule has 0 unspecified atom stereocenters. The minimum Gasteiger partial charge on any atom is -0.362 e. The average Bonchev–Trinajstić information content (AvgIpc) is 2.90. The van der Waals surface area contributed by atoms with E-state index in [2.05, 4.69) is 50.5 Å². The van der Waals surface area contributed by atoms with Crippen molar-refractivity contribution in [3.8, 4) is 11.3 Å². The fourth-order valence-corrected chi connectivity index (χ4v) is 3.71. The Hall–Kier alpha value is -1.35. The van der Waals surface area contributed by atoms with Crippen molar-refractivity contribution in [3.63, 3.8) is 0 Å². The summed E-state index contributed by atoms with van der Waals surface area (Å²) in [5, 5.41) is 6.69. The number of thiazole rings is 1. The molecule has 0 aliphatic heterocycles. The largest absolute Gasteiger partial charge is 0.362 e. The van der Waals surface area contributed by atoms with Crippen LogP contribution in [0.4, 0.5) is 5.13 Å². The van der Waals surface area contributed by atoms with E-state index < -0.39 is 0 Å². The first kappa shape index (κ1) is 17.0. The number of aromatic nitrogens is 1. The van der Waals surface area contributed by atoms with E-state index in [9.17, 15) is 0 Å². The quantitative estimate of drug-likeness (QED) is 0.594. The van der Waals surface area contributed by atoms with Crippen molar-refractivity contribution in [2.75, 3.05) is 11.9 Å². The molecule has 0 saturated heterocycles. The molecule has 0 fully saturated rings. The molecular weight excluding hydrogens is 288 g/mol. The molecular formula is C19H28N2S. The second kappa shape index (κ2) is 8.33. The molecule has 22 heavy (non-hydrogen) atoms. The predicted molar refractivity (Wildman–Crippen MR) is 99.0 cm³/mol. The Kier molecular flexibility index (Phi) is 6.44. The summed E-state index contributed by atoms with van der Waals surface area (Å²) >= 11 is 1.71. The van der Waals surface area contributed by atoms with E-state index in [-0.39, 0.29) is 0 Å². The number of benzene rings is 1. The normalized spacial score (nSPS) is 10.9. The van der Waals surface area contributed by atoms with Crippen LogP contribution >= 0.6 is 11.3 Å². The molecule has 1 aromatic heterocycles. The van der Waals surface area contributed by atoms with Crippen LogP contribution in [0.25, 0.3) is 11.3 Å². The lowest BCUT2D eigenvalue weighted by molar-refractivity contribution is 0.645. The topological polar surface area (TPSA) is 24.9 Å². The second-order valence-corrected chi connectivity index (χ2v) is 7.01. The van der Waals surface area contributed by atoms with Gasteiger partial charge in [0.2, 0.25) is 0 Å². The molecule has 120 valence electrons. The lowest BCUT2D eigenvalue weighted by Gasteiger charge is -2.08. The van der Waals surface area contributed by atoms with E-state index >= 15 is 0 Å². The molecule has 0 atom stereocenters. The first-order chi connectivity index (χ1) is 10.6. The molecule has 0 bridgehead atoms. The average molecular weight is 317 g/mol. The van der Waals surface area contributed by atoms with Crippen molar-refractivity contribution in [1.82, 2.24) is 4.98 Å². The number of unbranched alkanes of at least 4 members (excludes halogenated alkanes) is 4. The molecule has 1 aromatic carbocycles. The summed E-state index contributed by atoms with van der Waals surface area (Å²) in [6.45, 7) is 9.79. The predicted octanol–water partition coefficient (Wildman–Crippen LogP) is 6.12. The fraction of sp³-hybridized carbons (Fsp3) is 0.526. The van der Waals surface area contributed by atoms with Crippen molar-refractivity contribution in [3.05, 3.63) is 34.2 Å². The molecule has 0 saturated carbocycles. The molecule has 3 heteroatoms. The summed E-state index contributed by atoms with van der Waals surface area (Å²) in [6, 6.07) is 4.48. The monoisotopic (exact) mass is 316 g/mol. The fourth-order valence-electron chi connectivity index (χ4n) is 2.98. The highest BCUT2D eigenvalue weighted by Crippen LogP contribution is 2.31. The Morgan fingerprint density at radius 1 is 1.00 bits per heavy atom. The van der Waals surface area contributed by atoms with Gasteiger partial charge < -0.3 is 5.32 Å². The summed E-state index contributed by atoms with van der Waals surface area (Å²) in [5.74, 6) is 0. The highest BCUT2D eigenvalue weighted by Gasteiger charge is 2.10. The Bertz CT molecular complexity index is 578. The van der Waals surface area contributed by atoms with E-state index in [1.165, 1.54) is 54.4 Å². The minimum absolute atomic E-state index is 1.03. The van der Waals surface area contributed by atoms with Gasteiger partial charge >= 0.3 is 0 Å². The van der Waals surface area contributed by atoms with Crippen LogP contribution < -0.4 is 5.32 Å². The molecule has 0 spiro atoms. The highest BCUT2D eigenvalue weighted by molar-refractivity contribution is 7.14. The number of hydrogen-bond donors (Lipinski definition) is 1. The molecule has 1 N–H and O–H groups in total. The first-order valence-electron chi connectivity index (χ1n) is 8.39. The van der Waals surface area contributed by atoms with Gasteiger partial charge in [-0.2, -0.15) is 0 Å². The number of aryl methyl sites for hydroxylation is 3. The number of nitrogens with zero attached hydrogens (tertiary/aromatic N) is 1. The van der Waals surface area contributed by atoms with Crippen LogP contribution in [0, 0.1) is 20.8 Å². The van der Waals surface area contributed by atoms with Gasteiger partial charge in [0.15, 0.2) is 5.13 Å². The van der Waals surface area contributed by atoms with Gasteiger partial charge in [-0.05, 0) is 38.3 Å². The summed E-state index contributed by atoms with van der Waals surface area (Å²) in [5.41, 5.74) is 6.34. The van der Waals surface area contributed by atoms with E-state index in [0.29, 0.717) is 0 Å². The van der Waals surface area contributed by atoms with Gasteiger partial charge in [-0.1, -0.05) is 50.3 Å². The van der Waals surface area contributed by atoms with Crippen LogP contribution in [0.3, 0.4) is 0 Å². The zero-order chi connectivity index (χ0) is 15.9. The van der Waals surface area contributed by atoms with Crippen LogP contribution in [0.1, 0.15) is 55.7 Å². The maximum absolute atomic E-state index is 4.77. The molecule has 2 nitrogen and oxygen atoms in total. The van der Waals surface area contributed by atoms with Gasteiger partial charge in [-0.25, -0.2) is 4.98 Å². The molecule has 2 aromatic rings. The second-order valence-electron chi connectivity index (χ2n) is 6.15. The molecule has 2 rings (SSSR count). The Morgan fingerprint density at radius 3 is 2.36 bits per heavy atom. The number of nitrogens with one attached hydrogen (secondary N) is 1. The van der Waals surface area contributed by atoms with Crippen molar-refractivity contribution >= 4 is 16.5 Å². The van der Waals surface area contributed by atoms with Crippen LogP contribution in [0.2, 0.25) is 0 Å². The molecule has 0 amide bonds. The van der Waals surface area contributed by atoms with Gasteiger partial charge in [0.05, 0.1) is 5.69 Å². The van der Waals surface area contributed by atoms with E-state index in [4.69, 9.17) is 4.98 Å². The van der Waals surface area contributed by atoms with Crippen molar-refractivity contribution in [1.29, 1.82) is 0 Å². The van der Waals surface area contributed by atoms with Gasteiger partial charge in [0.1, 0.15) is 0 Å². The number of rotatable bonds is 8. The Morgan fingerprint density at radius 2 is 1.68 bits per heavy atom. The highest BCUT2D eigenvalue weighted by atomic mass is 32.1. The molecule has 0 aliphatic carbocycles. The van der Waals surface area contributed by atoms with Crippen molar-refractivity contribution < 1.29 is 0 Å². The first-order valence-corrected chi connectivity index (χ1v) is 9.27. The Balaban J connectivity index is 1.94. The number of anilines is 1. The van der Waals surface area contributed by atoms with Crippen molar-refractivity contribution in [2.24, 2.45) is 0 Å². The maximum atomic E-state index is 4.77. The number of hydrogen-bond acceptors (Lipinski definition) is 3. The van der Waals surface area contributed by atoms with E-state index in [0.717, 1.165) is 17.4 Å². The molecule has 1 heterocycles. The summed E-state index contributed by atoms with van der Waals surface area (Å²) in [6.07, 6.45) is 6.56. The van der Waals surface area contributed by atoms with E-state index in [1.807, 2.05) is 0 Å². The smallest absolute Gasteiger partial charge is 0.183 e. The third kappa shape index (κ3) is 4.57. The van der Waals surface area contributed by atoms with Crippen LogP contribution in [-0.4, -0.2) is 11.5 Å². The van der Waals surface area contributed by atoms with Crippen molar-refractivity contribution in [2.45, 2.75) is 59.8 Å². The third-order valence-corrected chi connectivity index (χ3v) is 4.79. The lowest BCUT2D eigenvalue weighted by atomic mass is 9.98. The molecule has 0 radical (unpaired) electrons. The summed E-state index contributed by atoms with van der Waals surface area (Å²) in [4.78, 5) is 4.77. The zero-order valence-corrected chi connectivity index (χ0v) is 15.1. The molecule has 0 aliphatic rings. The van der Waals surface area contributed by atoms with Gasteiger partial charge in [0, 0.05) is 17.5 Å². The lowest BCUT2D eigenvalue weighted by Crippen LogP contribution is -2.01. The van der Waals surface area contributed by atoms with E-state index in [1.54, 1.807) is 11.3 Å². The van der Waals surface area contributed by atoms with Gasteiger partial charge in [0.25, 0.3) is 0 Å². The zero-order valence-electron chi connectivity index (χ0n) is 14.3.